The Morgan fingerprint density at radius 1 is 1.06 bits per heavy atom. The van der Waals surface area contributed by atoms with E-state index in [1.165, 1.54) is 12.8 Å². The minimum absolute atomic E-state index is 0.522. The van der Waals surface area contributed by atoms with Crippen LogP contribution in [0.2, 0.25) is 0 Å². The third kappa shape index (κ3) is 4.86. The molecule has 0 heterocycles. The molecule has 0 aliphatic carbocycles. The number of hydrogen-bond donors (Lipinski definition) is 1. The highest BCUT2D eigenvalue weighted by atomic mass is 79.9. The maximum atomic E-state index is 3.64. The van der Waals surface area contributed by atoms with Gasteiger partial charge in [-0.1, -0.05) is 43.1 Å². The summed E-state index contributed by atoms with van der Waals surface area (Å²) in [6.07, 6.45) is 3.59. The lowest BCUT2D eigenvalue weighted by Crippen LogP contribution is -2.21. The summed E-state index contributed by atoms with van der Waals surface area (Å²) in [7, 11) is 0. The fourth-order valence-electron chi connectivity index (χ4n) is 1.86. The van der Waals surface area contributed by atoms with E-state index in [9.17, 15) is 0 Å². The standard InChI is InChI=1S/C14H20Br3N/c1-4-9(3)6-11(5-2)18-14-12(16)7-10(15)8-13(14)17/h7-9,11,18H,4-6H2,1-3H3. The summed E-state index contributed by atoms with van der Waals surface area (Å²) in [5.41, 5.74) is 1.15. The molecule has 0 saturated heterocycles. The van der Waals surface area contributed by atoms with Crippen LogP contribution in [0, 0.1) is 5.92 Å². The molecule has 4 heteroatoms. The third-order valence-electron chi connectivity index (χ3n) is 3.23. The second-order valence-corrected chi connectivity index (χ2v) is 7.37. The molecule has 0 spiro atoms. The van der Waals surface area contributed by atoms with Gasteiger partial charge in [-0.15, -0.1) is 0 Å². The van der Waals surface area contributed by atoms with Crippen LogP contribution in [0.25, 0.3) is 0 Å². The highest BCUT2D eigenvalue weighted by Gasteiger charge is 2.14. The molecular formula is C14H20Br3N. The molecule has 18 heavy (non-hydrogen) atoms. The number of rotatable bonds is 6. The zero-order valence-corrected chi connectivity index (χ0v) is 15.8. The second kappa shape index (κ2) is 7.91. The van der Waals surface area contributed by atoms with Gasteiger partial charge in [-0.2, -0.15) is 0 Å². The Hall–Kier alpha value is 0.460. The predicted octanol–water partition coefficient (Wildman–Crippen LogP) is 6.60. The minimum atomic E-state index is 0.522. The lowest BCUT2D eigenvalue weighted by Gasteiger charge is -2.23. The third-order valence-corrected chi connectivity index (χ3v) is 4.94. The van der Waals surface area contributed by atoms with Gasteiger partial charge >= 0.3 is 0 Å². The van der Waals surface area contributed by atoms with Crippen molar-refractivity contribution in [3.8, 4) is 0 Å². The van der Waals surface area contributed by atoms with E-state index in [0.29, 0.717) is 6.04 Å². The van der Waals surface area contributed by atoms with Crippen molar-refractivity contribution in [1.82, 2.24) is 0 Å². The molecule has 0 aromatic heterocycles. The van der Waals surface area contributed by atoms with Crippen LogP contribution in [0.5, 0.6) is 0 Å². The van der Waals surface area contributed by atoms with E-state index >= 15 is 0 Å². The summed E-state index contributed by atoms with van der Waals surface area (Å²) < 4.78 is 3.25. The van der Waals surface area contributed by atoms with Crippen molar-refractivity contribution in [2.45, 2.75) is 46.1 Å². The molecule has 2 unspecified atom stereocenters. The van der Waals surface area contributed by atoms with E-state index in [4.69, 9.17) is 0 Å². The molecule has 1 rings (SSSR count). The van der Waals surface area contributed by atoms with Gasteiger partial charge in [-0.25, -0.2) is 0 Å². The molecule has 102 valence electrons. The molecule has 0 radical (unpaired) electrons. The van der Waals surface area contributed by atoms with Crippen molar-refractivity contribution in [2.24, 2.45) is 5.92 Å². The zero-order chi connectivity index (χ0) is 13.7. The van der Waals surface area contributed by atoms with Gasteiger partial charge in [0, 0.05) is 19.5 Å². The van der Waals surface area contributed by atoms with Gasteiger partial charge in [0.1, 0.15) is 0 Å². The molecule has 0 aliphatic rings. The predicted molar refractivity (Wildman–Crippen MR) is 91.3 cm³/mol. The minimum Gasteiger partial charge on any atom is -0.380 e. The maximum Gasteiger partial charge on any atom is 0.0631 e. The van der Waals surface area contributed by atoms with Crippen molar-refractivity contribution in [3.63, 3.8) is 0 Å². The molecule has 0 saturated carbocycles. The summed E-state index contributed by atoms with van der Waals surface area (Å²) in [6.45, 7) is 6.81. The van der Waals surface area contributed by atoms with Gasteiger partial charge in [0.15, 0.2) is 0 Å². The van der Waals surface area contributed by atoms with E-state index in [-0.39, 0.29) is 0 Å². The van der Waals surface area contributed by atoms with Gasteiger partial charge < -0.3 is 5.32 Å². The molecule has 1 aromatic rings. The first-order valence-electron chi connectivity index (χ1n) is 6.38. The Kier molecular flexibility index (Phi) is 7.25. The fourth-order valence-corrected chi connectivity index (χ4v) is 4.35. The van der Waals surface area contributed by atoms with Gasteiger partial charge in [0.05, 0.1) is 5.69 Å². The summed E-state index contributed by atoms with van der Waals surface area (Å²) in [4.78, 5) is 0. The van der Waals surface area contributed by atoms with Crippen molar-refractivity contribution in [2.75, 3.05) is 5.32 Å². The smallest absolute Gasteiger partial charge is 0.0631 e. The number of nitrogens with one attached hydrogen (secondary N) is 1. The summed E-state index contributed by atoms with van der Waals surface area (Å²) >= 11 is 10.7. The van der Waals surface area contributed by atoms with E-state index in [1.54, 1.807) is 0 Å². The van der Waals surface area contributed by atoms with E-state index < -0.39 is 0 Å². The Morgan fingerprint density at radius 2 is 1.61 bits per heavy atom. The van der Waals surface area contributed by atoms with E-state index in [0.717, 1.165) is 31.4 Å². The zero-order valence-electron chi connectivity index (χ0n) is 11.1. The number of halogens is 3. The SMILES string of the molecule is CCC(C)CC(CC)Nc1c(Br)cc(Br)cc1Br. The first-order valence-corrected chi connectivity index (χ1v) is 8.76. The number of hydrogen-bond acceptors (Lipinski definition) is 1. The van der Waals surface area contributed by atoms with Crippen molar-refractivity contribution in [1.29, 1.82) is 0 Å². The molecule has 0 fully saturated rings. The Morgan fingerprint density at radius 3 is 2.06 bits per heavy atom. The molecular weight excluding hydrogens is 422 g/mol. The number of anilines is 1. The highest BCUT2D eigenvalue weighted by molar-refractivity contribution is 9.11. The van der Waals surface area contributed by atoms with Crippen LogP contribution < -0.4 is 5.32 Å². The van der Waals surface area contributed by atoms with Gasteiger partial charge in [0.25, 0.3) is 0 Å². The molecule has 2 atom stereocenters. The van der Waals surface area contributed by atoms with Crippen LogP contribution in [0.1, 0.15) is 40.0 Å². The van der Waals surface area contributed by atoms with E-state index in [2.05, 4.69) is 86.0 Å². The summed E-state index contributed by atoms with van der Waals surface area (Å²) in [5.74, 6) is 0.760. The van der Waals surface area contributed by atoms with Crippen LogP contribution in [0.4, 0.5) is 5.69 Å². The summed E-state index contributed by atoms with van der Waals surface area (Å²) in [6, 6.07) is 4.67. The molecule has 1 N–H and O–H groups in total. The quantitative estimate of drug-likeness (QED) is 0.524. The topological polar surface area (TPSA) is 12.0 Å². The number of benzene rings is 1. The van der Waals surface area contributed by atoms with Crippen LogP contribution in [0.15, 0.2) is 25.6 Å². The lowest BCUT2D eigenvalue weighted by atomic mass is 9.97. The highest BCUT2D eigenvalue weighted by Crippen LogP contribution is 2.35. The molecule has 0 aliphatic heterocycles. The summed E-state index contributed by atoms with van der Waals surface area (Å²) in [5, 5.41) is 3.64. The first kappa shape index (κ1) is 16.5. The van der Waals surface area contributed by atoms with Gasteiger partial charge in [0.2, 0.25) is 0 Å². The largest absolute Gasteiger partial charge is 0.380 e. The van der Waals surface area contributed by atoms with Gasteiger partial charge in [-0.3, -0.25) is 0 Å². The van der Waals surface area contributed by atoms with Crippen LogP contribution >= 0.6 is 47.8 Å². The average Bonchev–Trinajstić information content (AvgIpc) is 2.31. The molecule has 1 aromatic carbocycles. The second-order valence-electron chi connectivity index (χ2n) is 4.74. The van der Waals surface area contributed by atoms with Gasteiger partial charge in [-0.05, 0) is 62.8 Å². The van der Waals surface area contributed by atoms with Crippen molar-refractivity contribution >= 4 is 53.5 Å². The maximum absolute atomic E-state index is 3.64. The Balaban J connectivity index is 2.82. The lowest BCUT2D eigenvalue weighted by molar-refractivity contribution is 0.461. The average molecular weight is 442 g/mol. The first-order chi connectivity index (χ1) is 8.47. The van der Waals surface area contributed by atoms with Crippen LogP contribution in [-0.2, 0) is 0 Å². The van der Waals surface area contributed by atoms with Crippen molar-refractivity contribution < 1.29 is 0 Å². The Bertz CT molecular complexity index is 370. The van der Waals surface area contributed by atoms with Crippen LogP contribution in [0.3, 0.4) is 0 Å². The molecule has 0 amide bonds. The normalized spacial score (nSPS) is 14.3. The van der Waals surface area contributed by atoms with Crippen molar-refractivity contribution in [3.05, 3.63) is 25.6 Å². The Labute approximate surface area is 136 Å². The monoisotopic (exact) mass is 439 g/mol. The fraction of sp³-hybridized carbons (Fsp3) is 0.571. The van der Waals surface area contributed by atoms with E-state index in [1.807, 2.05) is 0 Å². The van der Waals surface area contributed by atoms with Crippen LogP contribution in [-0.4, -0.2) is 6.04 Å². The molecule has 0 bridgehead atoms. The molecule has 1 nitrogen and oxygen atoms in total.